The summed E-state index contributed by atoms with van der Waals surface area (Å²) in [6.07, 6.45) is 11.1. The van der Waals surface area contributed by atoms with Crippen molar-refractivity contribution in [3.05, 3.63) is 34.3 Å². The van der Waals surface area contributed by atoms with E-state index < -0.39 is 0 Å². The molecule has 0 bridgehead atoms. The minimum Gasteiger partial charge on any atom is -0.352 e. The molecule has 0 saturated heterocycles. The van der Waals surface area contributed by atoms with Gasteiger partial charge in [-0.05, 0) is 62.9 Å². The fraction of sp³-hybridized carbons (Fsp3) is 0.682. The number of aryl methyl sites for hydroxylation is 1. The molecular formula is C22H36ClN3O. The second-order valence-electron chi connectivity index (χ2n) is 7.69. The summed E-state index contributed by atoms with van der Waals surface area (Å²) in [5.74, 6) is 0.580. The molecule has 0 spiro atoms. The summed E-state index contributed by atoms with van der Waals surface area (Å²) in [6, 6.07) is 5.85. The second kappa shape index (κ2) is 13.1. The van der Waals surface area contributed by atoms with Gasteiger partial charge in [-0.25, -0.2) is 0 Å². The number of nitrogens with one attached hydrogen (secondary N) is 3. The van der Waals surface area contributed by atoms with Crippen LogP contribution in [0, 0.1) is 5.92 Å². The van der Waals surface area contributed by atoms with Crippen molar-refractivity contribution in [2.75, 3.05) is 33.2 Å². The summed E-state index contributed by atoms with van der Waals surface area (Å²) in [5.41, 5.74) is 1.79. The summed E-state index contributed by atoms with van der Waals surface area (Å²) in [4.78, 5) is 12.6. The minimum atomic E-state index is -0.0314. The lowest BCUT2D eigenvalue weighted by molar-refractivity contribution is 0.0944. The Morgan fingerprint density at radius 2 is 1.81 bits per heavy atom. The van der Waals surface area contributed by atoms with Crippen molar-refractivity contribution >= 4 is 17.5 Å². The van der Waals surface area contributed by atoms with Crippen molar-refractivity contribution < 1.29 is 4.79 Å². The number of hydrogen-bond acceptors (Lipinski definition) is 3. The van der Waals surface area contributed by atoms with E-state index in [9.17, 15) is 4.79 Å². The van der Waals surface area contributed by atoms with Gasteiger partial charge in [0.25, 0.3) is 5.91 Å². The highest BCUT2D eigenvalue weighted by molar-refractivity contribution is 6.33. The van der Waals surface area contributed by atoms with Gasteiger partial charge >= 0.3 is 0 Å². The van der Waals surface area contributed by atoms with Gasteiger partial charge in [-0.1, -0.05) is 49.8 Å². The molecule has 1 saturated carbocycles. The summed E-state index contributed by atoms with van der Waals surface area (Å²) in [6.45, 7) is 3.71. The molecule has 1 aromatic rings. The highest BCUT2D eigenvalue weighted by Crippen LogP contribution is 2.22. The van der Waals surface area contributed by atoms with Gasteiger partial charge in [0, 0.05) is 19.6 Å². The quantitative estimate of drug-likeness (QED) is 0.523. The fourth-order valence-electron chi connectivity index (χ4n) is 3.73. The Morgan fingerprint density at radius 3 is 2.56 bits per heavy atom. The smallest absolute Gasteiger partial charge is 0.252 e. The summed E-state index contributed by atoms with van der Waals surface area (Å²) in [5, 5.41) is 10.2. The first-order chi connectivity index (χ1) is 13.2. The van der Waals surface area contributed by atoms with Crippen LogP contribution in [0.3, 0.4) is 0 Å². The van der Waals surface area contributed by atoms with E-state index in [-0.39, 0.29) is 5.91 Å². The van der Waals surface area contributed by atoms with Crippen LogP contribution in [0.15, 0.2) is 18.2 Å². The van der Waals surface area contributed by atoms with Crippen molar-refractivity contribution in [2.24, 2.45) is 5.92 Å². The second-order valence-corrected chi connectivity index (χ2v) is 8.10. The third-order valence-electron chi connectivity index (χ3n) is 5.42. The van der Waals surface area contributed by atoms with E-state index in [2.05, 4.69) is 16.0 Å². The van der Waals surface area contributed by atoms with Gasteiger partial charge in [-0.3, -0.25) is 4.79 Å². The SMILES string of the molecule is CNCCNCCCc1ccc(Cl)c(C(=O)NCC2CCCCCCC2)c1. The standard InChI is InChI=1S/C22H36ClN3O/c1-24-14-15-25-13-7-10-18-11-12-21(23)20(16-18)22(27)26-17-19-8-5-3-2-4-6-9-19/h11-12,16,19,24-25H,2-10,13-15,17H2,1H3,(H,26,27). The molecular weight excluding hydrogens is 358 g/mol. The van der Waals surface area contributed by atoms with Crippen molar-refractivity contribution in [2.45, 2.75) is 57.8 Å². The number of amides is 1. The lowest BCUT2D eigenvalue weighted by Crippen LogP contribution is -2.30. The molecule has 3 N–H and O–H groups in total. The molecule has 1 aliphatic rings. The van der Waals surface area contributed by atoms with E-state index in [4.69, 9.17) is 11.6 Å². The van der Waals surface area contributed by atoms with E-state index in [1.165, 1.54) is 50.5 Å². The number of carbonyl (C=O) groups is 1. The van der Waals surface area contributed by atoms with Gasteiger partial charge in [0.1, 0.15) is 0 Å². The zero-order valence-electron chi connectivity index (χ0n) is 16.8. The fourth-order valence-corrected chi connectivity index (χ4v) is 3.94. The molecule has 2 rings (SSSR count). The maximum Gasteiger partial charge on any atom is 0.252 e. The maximum atomic E-state index is 12.6. The zero-order chi connectivity index (χ0) is 19.3. The van der Waals surface area contributed by atoms with E-state index in [1.807, 2.05) is 25.2 Å². The van der Waals surface area contributed by atoms with Crippen LogP contribution in [0.5, 0.6) is 0 Å². The third kappa shape index (κ3) is 8.63. The van der Waals surface area contributed by atoms with Crippen LogP contribution < -0.4 is 16.0 Å². The number of benzene rings is 1. The predicted molar refractivity (Wildman–Crippen MR) is 115 cm³/mol. The maximum absolute atomic E-state index is 12.6. The molecule has 0 aromatic heterocycles. The first kappa shape index (κ1) is 22.2. The number of hydrogen-bond donors (Lipinski definition) is 3. The average Bonchev–Trinajstić information content (AvgIpc) is 2.64. The van der Waals surface area contributed by atoms with Crippen LogP contribution in [0.2, 0.25) is 5.02 Å². The molecule has 0 aliphatic heterocycles. The van der Waals surface area contributed by atoms with Crippen LogP contribution in [0.4, 0.5) is 0 Å². The number of rotatable bonds is 10. The Morgan fingerprint density at radius 1 is 1.07 bits per heavy atom. The molecule has 27 heavy (non-hydrogen) atoms. The molecule has 0 atom stereocenters. The molecule has 1 aromatic carbocycles. The van der Waals surface area contributed by atoms with Crippen LogP contribution in [-0.2, 0) is 6.42 Å². The van der Waals surface area contributed by atoms with Gasteiger partial charge in [0.2, 0.25) is 0 Å². The van der Waals surface area contributed by atoms with Crippen LogP contribution in [0.25, 0.3) is 0 Å². The number of carbonyl (C=O) groups excluding carboxylic acids is 1. The van der Waals surface area contributed by atoms with Crippen molar-refractivity contribution in [3.63, 3.8) is 0 Å². The molecule has 1 amide bonds. The van der Waals surface area contributed by atoms with Crippen LogP contribution in [-0.4, -0.2) is 39.1 Å². The first-order valence-electron chi connectivity index (χ1n) is 10.6. The lowest BCUT2D eigenvalue weighted by atomic mass is 9.91. The topological polar surface area (TPSA) is 53.2 Å². The molecule has 0 heterocycles. The highest BCUT2D eigenvalue weighted by Gasteiger charge is 2.15. The van der Waals surface area contributed by atoms with E-state index in [1.54, 1.807) is 0 Å². The Kier molecular flexibility index (Phi) is 10.8. The Hall–Kier alpha value is -1.10. The van der Waals surface area contributed by atoms with E-state index in [0.717, 1.165) is 39.0 Å². The molecule has 0 unspecified atom stereocenters. The Bertz CT molecular complexity index is 556. The van der Waals surface area contributed by atoms with Crippen molar-refractivity contribution in [1.29, 1.82) is 0 Å². The Balaban J connectivity index is 1.80. The van der Waals surface area contributed by atoms with Crippen molar-refractivity contribution in [3.8, 4) is 0 Å². The van der Waals surface area contributed by atoms with Gasteiger partial charge in [-0.2, -0.15) is 0 Å². The molecule has 0 radical (unpaired) electrons. The first-order valence-corrected chi connectivity index (χ1v) is 11.0. The number of halogens is 1. The predicted octanol–water partition coefficient (Wildman–Crippen LogP) is 4.17. The van der Waals surface area contributed by atoms with Gasteiger partial charge < -0.3 is 16.0 Å². The molecule has 152 valence electrons. The van der Waals surface area contributed by atoms with Gasteiger partial charge in [0.05, 0.1) is 10.6 Å². The van der Waals surface area contributed by atoms with Gasteiger partial charge in [-0.15, -0.1) is 0 Å². The summed E-state index contributed by atoms with van der Waals surface area (Å²) in [7, 11) is 1.96. The largest absolute Gasteiger partial charge is 0.352 e. The van der Waals surface area contributed by atoms with E-state index in [0.29, 0.717) is 16.5 Å². The lowest BCUT2D eigenvalue weighted by Gasteiger charge is -2.20. The van der Waals surface area contributed by atoms with Crippen LogP contribution >= 0.6 is 11.6 Å². The summed E-state index contributed by atoms with van der Waals surface area (Å²) < 4.78 is 0. The zero-order valence-corrected chi connectivity index (χ0v) is 17.5. The van der Waals surface area contributed by atoms with E-state index >= 15 is 0 Å². The highest BCUT2D eigenvalue weighted by atomic mass is 35.5. The van der Waals surface area contributed by atoms with Crippen LogP contribution in [0.1, 0.15) is 67.3 Å². The van der Waals surface area contributed by atoms with Crippen molar-refractivity contribution in [1.82, 2.24) is 16.0 Å². The normalized spacial score (nSPS) is 15.9. The Labute approximate surface area is 169 Å². The third-order valence-corrected chi connectivity index (χ3v) is 5.75. The summed E-state index contributed by atoms with van der Waals surface area (Å²) >= 11 is 6.30. The monoisotopic (exact) mass is 393 g/mol. The molecule has 5 heteroatoms. The number of likely N-dealkylation sites (N-methyl/N-ethyl adjacent to an activating group) is 1. The average molecular weight is 394 g/mol. The molecule has 1 fully saturated rings. The molecule has 4 nitrogen and oxygen atoms in total. The minimum absolute atomic E-state index is 0.0314. The molecule has 1 aliphatic carbocycles. The van der Waals surface area contributed by atoms with Gasteiger partial charge in [0.15, 0.2) is 0 Å².